The summed E-state index contributed by atoms with van der Waals surface area (Å²) in [6, 6.07) is 7.41. The number of ketones is 1. The predicted octanol–water partition coefficient (Wildman–Crippen LogP) is 5.69. The molecule has 17 heavy (non-hydrogen) atoms. The summed E-state index contributed by atoms with van der Waals surface area (Å²) in [5, 5.41) is 0.986. The van der Waals surface area contributed by atoms with Gasteiger partial charge in [0.1, 0.15) is 0 Å². The average Bonchev–Trinajstić information content (AvgIpc) is 2.75. The van der Waals surface area contributed by atoms with Crippen LogP contribution in [0.3, 0.4) is 0 Å². The standard InChI is InChI=1S/C12H7BrCl2OS/c1-6(16)9-4-5-10(17-9)7-2-3-8(13)12(15)11(7)14/h2-5H,1H3. The van der Waals surface area contributed by atoms with E-state index in [9.17, 15) is 4.79 Å². The number of Topliss-reactive ketones (excluding diaryl/α,β-unsaturated/α-hetero) is 1. The Hall–Kier alpha value is -0.350. The fourth-order valence-electron chi connectivity index (χ4n) is 1.39. The second kappa shape index (κ2) is 5.11. The summed E-state index contributed by atoms with van der Waals surface area (Å²) < 4.78 is 0.760. The van der Waals surface area contributed by atoms with Crippen LogP contribution in [0.5, 0.6) is 0 Å². The third-order valence-electron chi connectivity index (χ3n) is 2.25. The third-order valence-corrected chi connectivity index (χ3v) is 5.24. The first-order chi connectivity index (χ1) is 8.00. The minimum Gasteiger partial charge on any atom is -0.294 e. The zero-order valence-corrected chi connectivity index (χ0v) is 12.7. The number of carbonyl (C=O) groups excluding carboxylic acids is 1. The van der Waals surface area contributed by atoms with E-state index >= 15 is 0 Å². The average molecular weight is 350 g/mol. The highest BCUT2D eigenvalue weighted by molar-refractivity contribution is 9.10. The van der Waals surface area contributed by atoms with Crippen LogP contribution in [0.1, 0.15) is 16.6 Å². The van der Waals surface area contributed by atoms with Crippen LogP contribution in [0.25, 0.3) is 10.4 Å². The summed E-state index contributed by atoms with van der Waals surface area (Å²) >= 11 is 17.0. The second-order valence-corrected chi connectivity index (χ2v) is 6.14. The Kier molecular flexibility index (Phi) is 3.93. The molecule has 1 heterocycles. The van der Waals surface area contributed by atoms with Crippen molar-refractivity contribution in [3.05, 3.63) is 43.7 Å². The molecular formula is C12H7BrCl2OS. The van der Waals surface area contributed by atoms with Crippen molar-refractivity contribution in [3.8, 4) is 10.4 Å². The maximum atomic E-state index is 11.2. The highest BCUT2D eigenvalue weighted by Gasteiger charge is 2.13. The molecule has 0 spiro atoms. The van der Waals surface area contributed by atoms with Crippen LogP contribution in [0.15, 0.2) is 28.7 Å². The molecule has 2 aromatic rings. The van der Waals surface area contributed by atoms with E-state index in [4.69, 9.17) is 23.2 Å². The molecule has 0 unspecified atom stereocenters. The maximum absolute atomic E-state index is 11.2. The number of benzene rings is 1. The van der Waals surface area contributed by atoms with Crippen molar-refractivity contribution in [3.63, 3.8) is 0 Å². The summed E-state index contributed by atoms with van der Waals surface area (Å²) in [6.07, 6.45) is 0. The largest absolute Gasteiger partial charge is 0.294 e. The van der Waals surface area contributed by atoms with E-state index < -0.39 is 0 Å². The zero-order chi connectivity index (χ0) is 12.6. The van der Waals surface area contributed by atoms with E-state index in [1.807, 2.05) is 18.2 Å². The molecule has 0 N–H and O–H groups in total. The lowest BCUT2D eigenvalue weighted by Crippen LogP contribution is -1.83. The van der Waals surface area contributed by atoms with Gasteiger partial charge in [-0.15, -0.1) is 11.3 Å². The molecule has 1 aromatic carbocycles. The molecule has 0 atom stereocenters. The number of carbonyl (C=O) groups is 1. The van der Waals surface area contributed by atoms with Gasteiger partial charge in [-0.2, -0.15) is 0 Å². The van der Waals surface area contributed by atoms with Gasteiger partial charge < -0.3 is 0 Å². The first-order valence-corrected chi connectivity index (χ1v) is 7.12. The molecule has 0 aliphatic carbocycles. The van der Waals surface area contributed by atoms with Crippen molar-refractivity contribution in [1.29, 1.82) is 0 Å². The highest BCUT2D eigenvalue weighted by atomic mass is 79.9. The van der Waals surface area contributed by atoms with Crippen LogP contribution in [0, 0.1) is 0 Å². The Balaban J connectivity index is 2.53. The minimum atomic E-state index is 0.0561. The number of halogens is 3. The Morgan fingerprint density at radius 1 is 1.18 bits per heavy atom. The van der Waals surface area contributed by atoms with Gasteiger partial charge in [0, 0.05) is 14.9 Å². The van der Waals surface area contributed by atoms with Crippen molar-refractivity contribution in [2.45, 2.75) is 6.92 Å². The van der Waals surface area contributed by atoms with Crippen LogP contribution in [-0.2, 0) is 0 Å². The molecule has 0 bridgehead atoms. The molecule has 0 aliphatic heterocycles. The van der Waals surface area contributed by atoms with E-state index in [1.54, 1.807) is 13.0 Å². The molecule has 88 valence electrons. The smallest absolute Gasteiger partial charge is 0.169 e. The molecule has 2 rings (SSSR count). The fraction of sp³-hybridized carbons (Fsp3) is 0.0833. The number of thiophene rings is 1. The van der Waals surface area contributed by atoms with Gasteiger partial charge in [0.15, 0.2) is 5.78 Å². The molecule has 0 aliphatic rings. The zero-order valence-electron chi connectivity index (χ0n) is 8.76. The van der Waals surface area contributed by atoms with Crippen LogP contribution in [0.4, 0.5) is 0 Å². The van der Waals surface area contributed by atoms with E-state index in [2.05, 4.69) is 15.9 Å². The van der Waals surface area contributed by atoms with E-state index in [1.165, 1.54) is 11.3 Å². The van der Waals surface area contributed by atoms with Crippen molar-refractivity contribution < 1.29 is 4.79 Å². The van der Waals surface area contributed by atoms with E-state index in [-0.39, 0.29) is 5.78 Å². The summed E-state index contributed by atoms with van der Waals surface area (Å²) in [5.74, 6) is 0.0561. The van der Waals surface area contributed by atoms with Crippen LogP contribution >= 0.6 is 50.5 Å². The third kappa shape index (κ3) is 2.58. The Morgan fingerprint density at radius 2 is 1.88 bits per heavy atom. The maximum Gasteiger partial charge on any atom is 0.169 e. The molecule has 0 saturated heterocycles. The SMILES string of the molecule is CC(=O)c1ccc(-c2ccc(Br)c(Cl)c2Cl)s1. The van der Waals surface area contributed by atoms with Crippen molar-refractivity contribution >= 4 is 56.3 Å². The summed E-state index contributed by atoms with van der Waals surface area (Å²) in [4.78, 5) is 12.9. The van der Waals surface area contributed by atoms with Gasteiger partial charge in [0.25, 0.3) is 0 Å². The molecule has 5 heteroatoms. The lowest BCUT2D eigenvalue weighted by Gasteiger charge is -2.04. The minimum absolute atomic E-state index is 0.0561. The first kappa shape index (κ1) is 13.1. The molecule has 0 radical (unpaired) electrons. The summed E-state index contributed by atoms with van der Waals surface area (Å²) in [7, 11) is 0. The van der Waals surface area contributed by atoms with Crippen LogP contribution in [0.2, 0.25) is 10.0 Å². The fourth-order valence-corrected chi connectivity index (χ4v) is 3.25. The Labute approximate surface area is 121 Å². The quantitative estimate of drug-likeness (QED) is 0.503. The number of hydrogen-bond acceptors (Lipinski definition) is 2. The normalized spacial score (nSPS) is 10.6. The van der Waals surface area contributed by atoms with Crippen LogP contribution < -0.4 is 0 Å². The summed E-state index contributed by atoms with van der Waals surface area (Å²) in [5.41, 5.74) is 0.845. The van der Waals surface area contributed by atoms with Gasteiger partial charge >= 0.3 is 0 Å². The van der Waals surface area contributed by atoms with Gasteiger partial charge in [0.2, 0.25) is 0 Å². The summed E-state index contributed by atoms with van der Waals surface area (Å²) in [6.45, 7) is 1.55. The molecule has 0 fully saturated rings. The van der Waals surface area contributed by atoms with Crippen molar-refractivity contribution in [2.75, 3.05) is 0 Å². The van der Waals surface area contributed by atoms with E-state index in [0.29, 0.717) is 10.0 Å². The van der Waals surface area contributed by atoms with Crippen molar-refractivity contribution in [2.24, 2.45) is 0 Å². The van der Waals surface area contributed by atoms with Gasteiger partial charge in [-0.1, -0.05) is 29.3 Å². The molecule has 0 saturated carbocycles. The predicted molar refractivity (Wildman–Crippen MR) is 77.5 cm³/mol. The molecular weight excluding hydrogens is 343 g/mol. The monoisotopic (exact) mass is 348 g/mol. The molecule has 1 aromatic heterocycles. The number of hydrogen-bond donors (Lipinski definition) is 0. The molecule has 0 amide bonds. The molecule has 1 nitrogen and oxygen atoms in total. The second-order valence-electron chi connectivity index (χ2n) is 3.44. The lowest BCUT2D eigenvalue weighted by atomic mass is 10.2. The van der Waals surface area contributed by atoms with Gasteiger partial charge in [-0.3, -0.25) is 4.79 Å². The Bertz CT molecular complexity index is 592. The van der Waals surface area contributed by atoms with Gasteiger partial charge in [0.05, 0.1) is 14.9 Å². The van der Waals surface area contributed by atoms with Gasteiger partial charge in [-0.25, -0.2) is 0 Å². The Morgan fingerprint density at radius 3 is 2.47 bits per heavy atom. The lowest BCUT2D eigenvalue weighted by molar-refractivity contribution is 0.102. The van der Waals surface area contributed by atoms with E-state index in [0.717, 1.165) is 19.8 Å². The number of rotatable bonds is 2. The van der Waals surface area contributed by atoms with Crippen LogP contribution in [-0.4, -0.2) is 5.78 Å². The highest BCUT2D eigenvalue weighted by Crippen LogP contribution is 2.40. The van der Waals surface area contributed by atoms with Crippen molar-refractivity contribution in [1.82, 2.24) is 0 Å². The topological polar surface area (TPSA) is 17.1 Å². The first-order valence-electron chi connectivity index (χ1n) is 4.75. The van der Waals surface area contributed by atoms with Gasteiger partial charge in [-0.05, 0) is 41.1 Å².